The van der Waals surface area contributed by atoms with E-state index in [4.69, 9.17) is 11.6 Å². The van der Waals surface area contributed by atoms with Gasteiger partial charge in [0, 0.05) is 22.8 Å². The topological polar surface area (TPSA) is 110 Å². The monoisotopic (exact) mass is 411 g/mol. The van der Waals surface area contributed by atoms with E-state index in [2.05, 4.69) is 5.32 Å². The van der Waals surface area contributed by atoms with E-state index in [0.717, 1.165) is 16.6 Å². The Balaban J connectivity index is 2.34. The molecule has 2 rings (SSSR count). The fourth-order valence-corrected chi connectivity index (χ4v) is 3.58. The molecule has 0 aliphatic rings. The molecular formula is C17H18ClN3O5S. The molecule has 0 radical (unpaired) electrons. The first kappa shape index (κ1) is 20.7. The first-order chi connectivity index (χ1) is 12.5. The molecule has 0 fully saturated rings. The highest BCUT2D eigenvalue weighted by molar-refractivity contribution is 7.92. The molecule has 1 amide bonds. The minimum absolute atomic E-state index is 0.0784. The van der Waals surface area contributed by atoms with Crippen LogP contribution in [0.4, 0.5) is 17.1 Å². The van der Waals surface area contributed by atoms with E-state index < -0.39 is 27.4 Å². The summed E-state index contributed by atoms with van der Waals surface area (Å²) in [7, 11) is -3.86. The number of rotatable bonds is 6. The quantitative estimate of drug-likeness (QED) is 0.579. The molecule has 1 N–H and O–H groups in total. The van der Waals surface area contributed by atoms with E-state index in [9.17, 15) is 23.3 Å². The largest absolute Gasteiger partial charge is 0.324 e. The van der Waals surface area contributed by atoms with Gasteiger partial charge in [-0.1, -0.05) is 17.7 Å². The Morgan fingerprint density at radius 2 is 1.85 bits per heavy atom. The molecule has 2 aromatic rings. The number of benzene rings is 2. The minimum atomic E-state index is -3.86. The number of nitrogens with one attached hydrogen (secondary N) is 1. The van der Waals surface area contributed by atoms with Gasteiger partial charge in [-0.3, -0.25) is 19.2 Å². The van der Waals surface area contributed by atoms with Crippen molar-refractivity contribution in [3.05, 3.63) is 62.7 Å². The number of nitrogens with zero attached hydrogens (tertiary/aromatic N) is 2. The Morgan fingerprint density at radius 3 is 2.41 bits per heavy atom. The van der Waals surface area contributed by atoms with Gasteiger partial charge in [-0.05, 0) is 43.2 Å². The molecule has 0 spiro atoms. The lowest BCUT2D eigenvalue weighted by atomic mass is 10.2. The van der Waals surface area contributed by atoms with Crippen molar-refractivity contribution >= 4 is 44.6 Å². The van der Waals surface area contributed by atoms with E-state index in [0.29, 0.717) is 21.8 Å². The molecule has 0 heterocycles. The van der Waals surface area contributed by atoms with Gasteiger partial charge in [0.25, 0.3) is 5.69 Å². The third-order valence-corrected chi connectivity index (χ3v) is 5.18. The van der Waals surface area contributed by atoms with Crippen molar-refractivity contribution in [1.29, 1.82) is 0 Å². The van der Waals surface area contributed by atoms with Crippen molar-refractivity contribution in [2.75, 3.05) is 22.4 Å². The van der Waals surface area contributed by atoms with Crippen LogP contribution >= 0.6 is 11.6 Å². The second-order valence-corrected chi connectivity index (χ2v) is 8.35. The van der Waals surface area contributed by atoms with Gasteiger partial charge in [-0.25, -0.2) is 8.42 Å². The van der Waals surface area contributed by atoms with E-state index in [1.807, 2.05) is 0 Å². The Kier molecular flexibility index (Phi) is 6.07. The van der Waals surface area contributed by atoms with Gasteiger partial charge in [0.2, 0.25) is 15.9 Å². The third kappa shape index (κ3) is 5.18. The zero-order chi connectivity index (χ0) is 20.4. The number of sulfonamides is 1. The fraction of sp³-hybridized carbons (Fsp3) is 0.235. The molecule has 10 heteroatoms. The summed E-state index contributed by atoms with van der Waals surface area (Å²) in [5, 5.41) is 14.2. The number of carbonyl (C=O) groups is 1. The minimum Gasteiger partial charge on any atom is -0.324 e. The van der Waals surface area contributed by atoms with Crippen molar-refractivity contribution in [2.45, 2.75) is 13.8 Å². The molecule has 0 bridgehead atoms. The Labute approximate surface area is 162 Å². The summed E-state index contributed by atoms with van der Waals surface area (Å²) in [6.45, 7) is 2.84. The number of nitro benzene ring substituents is 1. The standard InChI is InChI=1S/C17H18ClN3O5S/c1-11-4-6-14(21(23)24)9-16(11)20(27(3,25)26)10-17(22)19-15-7-5-13(18)8-12(15)2/h4-9H,10H2,1-3H3,(H,19,22). The highest BCUT2D eigenvalue weighted by atomic mass is 35.5. The molecule has 8 nitrogen and oxygen atoms in total. The number of carbonyl (C=O) groups excluding carboxylic acids is 1. The lowest BCUT2D eigenvalue weighted by molar-refractivity contribution is -0.384. The van der Waals surface area contributed by atoms with Gasteiger partial charge in [0.1, 0.15) is 6.54 Å². The van der Waals surface area contributed by atoms with Gasteiger partial charge < -0.3 is 5.32 Å². The maximum Gasteiger partial charge on any atom is 0.271 e. The van der Waals surface area contributed by atoms with Crippen molar-refractivity contribution < 1.29 is 18.1 Å². The fourth-order valence-electron chi connectivity index (χ4n) is 2.45. The molecule has 0 saturated carbocycles. The van der Waals surface area contributed by atoms with E-state index >= 15 is 0 Å². The van der Waals surface area contributed by atoms with E-state index in [1.165, 1.54) is 12.1 Å². The Morgan fingerprint density at radius 1 is 1.19 bits per heavy atom. The number of hydrogen-bond acceptors (Lipinski definition) is 5. The molecule has 0 aliphatic carbocycles. The van der Waals surface area contributed by atoms with Crippen LogP contribution < -0.4 is 9.62 Å². The first-order valence-electron chi connectivity index (χ1n) is 7.78. The van der Waals surface area contributed by atoms with Crippen molar-refractivity contribution in [3.63, 3.8) is 0 Å². The Bertz CT molecular complexity index is 1010. The highest BCUT2D eigenvalue weighted by Gasteiger charge is 2.24. The number of hydrogen-bond donors (Lipinski definition) is 1. The average molecular weight is 412 g/mol. The summed E-state index contributed by atoms with van der Waals surface area (Å²) in [5.41, 5.74) is 1.51. The molecule has 0 atom stereocenters. The van der Waals surface area contributed by atoms with Crippen LogP contribution in [0.1, 0.15) is 11.1 Å². The normalized spacial score (nSPS) is 11.1. The number of nitro groups is 1. The second-order valence-electron chi connectivity index (χ2n) is 6.00. The summed E-state index contributed by atoms with van der Waals surface area (Å²) in [5.74, 6) is -0.586. The maximum absolute atomic E-state index is 12.4. The maximum atomic E-state index is 12.4. The van der Waals surface area contributed by atoms with Crippen LogP contribution in [0.3, 0.4) is 0 Å². The van der Waals surface area contributed by atoms with Gasteiger partial charge in [-0.2, -0.15) is 0 Å². The molecule has 27 heavy (non-hydrogen) atoms. The van der Waals surface area contributed by atoms with Gasteiger partial charge in [0.05, 0.1) is 16.9 Å². The zero-order valence-corrected chi connectivity index (χ0v) is 16.5. The van der Waals surface area contributed by atoms with Gasteiger partial charge in [0.15, 0.2) is 0 Å². The SMILES string of the molecule is Cc1cc(Cl)ccc1NC(=O)CN(c1cc([N+](=O)[O-])ccc1C)S(C)(=O)=O. The van der Waals surface area contributed by atoms with Gasteiger partial charge >= 0.3 is 0 Å². The predicted octanol–water partition coefficient (Wildman–Crippen LogP) is 3.27. The van der Waals surface area contributed by atoms with E-state index in [1.54, 1.807) is 32.0 Å². The van der Waals surface area contributed by atoms with Crippen molar-refractivity contribution in [1.82, 2.24) is 0 Å². The highest BCUT2D eigenvalue weighted by Crippen LogP contribution is 2.27. The van der Waals surface area contributed by atoms with Crippen molar-refractivity contribution in [3.8, 4) is 0 Å². The lowest BCUT2D eigenvalue weighted by Crippen LogP contribution is -2.38. The summed E-state index contributed by atoms with van der Waals surface area (Å²) in [6, 6.07) is 8.72. The Hall–Kier alpha value is -2.65. The molecule has 0 saturated heterocycles. The summed E-state index contributed by atoms with van der Waals surface area (Å²) >= 11 is 5.88. The third-order valence-electron chi connectivity index (χ3n) is 3.82. The van der Waals surface area contributed by atoms with Crippen LogP contribution in [0.25, 0.3) is 0 Å². The summed E-state index contributed by atoms with van der Waals surface area (Å²) < 4.78 is 25.3. The summed E-state index contributed by atoms with van der Waals surface area (Å²) in [4.78, 5) is 22.8. The van der Waals surface area contributed by atoms with Crippen LogP contribution in [-0.2, 0) is 14.8 Å². The second kappa shape index (κ2) is 7.93. The van der Waals surface area contributed by atoms with Crippen LogP contribution in [0, 0.1) is 24.0 Å². The first-order valence-corrected chi connectivity index (χ1v) is 10.0. The molecule has 2 aromatic carbocycles. The molecule has 0 unspecified atom stereocenters. The van der Waals surface area contributed by atoms with Crippen molar-refractivity contribution in [2.24, 2.45) is 0 Å². The van der Waals surface area contributed by atoms with Crippen LogP contribution in [0.2, 0.25) is 5.02 Å². The number of aryl methyl sites for hydroxylation is 2. The zero-order valence-electron chi connectivity index (χ0n) is 14.9. The van der Waals surface area contributed by atoms with E-state index in [-0.39, 0.29) is 11.4 Å². The van der Waals surface area contributed by atoms with Gasteiger partial charge in [-0.15, -0.1) is 0 Å². The van der Waals surface area contributed by atoms with Crippen LogP contribution in [0.5, 0.6) is 0 Å². The summed E-state index contributed by atoms with van der Waals surface area (Å²) in [6.07, 6.45) is 0.937. The molecule has 0 aliphatic heterocycles. The number of amides is 1. The predicted molar refractivity (Wildman–Crippen MR) is 105 cm³/mol. The number of halogens is 1. The molecule has 0 aromatic heterocycles. The molecular weight excluding hydrogens is 394 g/mol. The number of anilines is 2. The average Bonchev–Trinajstić information content (AvgIpc) is 2.55. The van der Waals surface area contributed by atoms with Crippen LogP contribution in [-0.4, -0.2) is 32.0 Å². The lowest BCUT2D eigenvalue weighted by Gasteiger charge is -2.23. The smallest absolute Gasteiger partial charge is 0.271 e. The molecule has 144 valence electrons. The van der Waals surface area contributed by atoms with Crippen LogP contribution in [0.15, 0.2) is 36.4 Å². The number of non-ortho nitro benzene ring substituents is 1.